The second-order valence-electron chi connectivity index (χ2n) is 6.14. The summed E-state index contributed by atoms with van der Waals surface area (Å²) >= 11 is 5.24. The molecule has 4 nitrogen and oxygen atoms in total. The first-order valence-corrected chi connectivity index (χ1v) is 9.03. The van der Waals surface area contributed by atoms with Gasteiger partial charge in [0.25, 0.3) is 0 Å². The minimum absolute atomic E-state index is 0.0254. The summed E-state index contributed by atoms with van der Waals surface area (Å²) in [7, 11) is 0. The molecule has 1 aromatic carbocycles. The molecule has 0 aromatic heterocycles. The van der Waals surface area contributed by atoms with Crippen molar-refractivity contribution in [1.29, 1.82) is 0 Å². The Morgan fingerprint density at radius 2 is 2.04 bits per heavy atom. The molecule has 130 valence electrons. The normalized spacial score (nSPS) is 14.7. The molecule has 1 saturated carbocycles. The monoisotopic (exact) mass is 346 g/mol. The van der Waals surface area contributed by atoms with Crippen molar-refractivity contribution in [2.24, 2.45) is 5.92 Å². The van der Waals surface area contributed by atoms with Crippen LogP contribution >= 0.6 is 12.2 Å². The Kier molecular flexibility index (Phi) is 7.75. The van der Waals surface area contributed by atoms with E-state index in [0.29, 0.717) is 29.8 Å². The fourth-order valence-corrected chi connectivity index (χ4v) is 3.22. The van der Waals surface area contributed by atoms with Crippen LogP contribution in [0, 0.1) is 5.92 Å². The molecule has 5 heteroatoms. The summed E-state index contributed by atoms with van der Waals surface area (Å²) in [4.78, 5) is 12.1. The highest BCUT2D eigenvalue weighted by molar-refractivity contribution is 7.80. The largest absolute Gasteiger partial charge is 0.487 e. The van der Waals surface area contributed by atoms with E-state index >= 15 is 0 Å². The van der Waals surface area contributed by atoms with Crippen LogP contribution in [0.3, 0.4) is 0 Å². The molecule has 0 atom stereocenters. The lowest BCUT2D eigenvalue weighted by Crippen LogP contribution is -2.34. The lowest BCUT2D eigenvalue weighted by molar-refractivity contribution is -0.120. The van der Waals surface area contributed by atoms with Crippen LogP contribution < -0.4 is 15.4 Å². The number of hydrogen-bond acceptors (Lipinski definition) is 3. The molecule has 1 aromatic rings. The molecule has 0 unspecified atom stereocenters. The van der Waals surface area contributed by atoms with E-state index < -0.39 is 0 Å². The maximum Gasteiger partial charge on any atom is 0.226 e. The Bertz CT molecular complexity index is 568. The molecule has 1 aliphatic rings. The molecule has 2 N–H and O–H groups in total. The van der Waals surface area contributed by atoms with Crippen LogP contribution in [0.4, 0.5) is 5.69 Å². The number of benzene rings is 1. The lowest BCUT2D eigenvalue weighted by atomic mass is 9.86. The third kappa shape index (κ3) is 6.32. The molecular weight excluding hydrogens is 320 g/mol. The molecule has 0 bridgehead atoms. The summed E-state index contributed by atoms with van der Waals surface area (Å²) in [6.07, 6.45) is 9.61. The van der Waals surface area contributed by atoms with E-state index in [1.807, 2.05) is 24.3 Å². The van der Waals surface area contributed by atoms with Crippen molar-refractivity contribution in [2.75, 3.05) is 11.9 Å². The molecule has 0 spiro atoms. The minimum Gasteiger partial charge on any atom is -0.487 e. The number of ether oxygens (including phenoxy) is 1. The molecule has 0 heterocycles. The van der Waals surface area contributed by atoms with Crippen molar-refractivity contribution in [1.82, 2.24) is 5.32 Å². The van der Waals surface area contributed by atoms with Crippen LogP contribution in [0.1, 0.15) is 44.9 Å². The van der Waals surface area contributed by atoms with Gasteiger partial charge in [0, 0.05) is 6.42 Å². The molecule has 24 heavy (non-hydrogen) atoms. The maximum absolute atomic E-state index is 12.1. The summed E-state index contributed by atoms with van der Waals surface area (Å²) in [5.41, 5.74) is 0.733. The number of para-hydroxylation sites is 2. The first kappa shape index (κ1) is 18.5. The first-order chi connectivity index (χ1) is 11.7. The Hall–Kier alpha value is -1.88. The lowest BCUT2D eigenvalue weighted by Gasteiger charge is -2.21. The van der Waals surface area contributed by atoms with E-state index in [2.05, 4.69) is 17.2 Å². The smallest absolute Gasteiger partial charge is 0.226 e. The van der Waals surface area contributed by atoms with Gasteiger partial charge < -0.3 is 15.4 Å². The number of nitrogens with one attached hydrogen (secondary N) is 2. The first-order valence-electron chi connectivity index (χ1n) is 8.62. The predicted molar refractivity (Wildman–Crippen MR) is 102 cm³/mol. The summed E-state index contributed by atoms with van der Waals surface area (Å²) in [5.74, 6) is 1.35. The Morgan fingerprint density at radius 1 is 1.29 bits per heavy atom. The molecule has 0 aliphatic heterocycles. The topological polar surface area (TPSA) is 50.4 Å². The van der Waals surface area contributed by atoms with Gasteiger partial charge in [-0.25, -0.2) is 0 Å². The highest BCUT2D eigenvalue weighted by atomic mass is 32.1. The highest BCUT2D eigenvalue weighted by Crippen LogP contribution is 2.27. The average Bonchev–Trinajstić information content (AvgIpc) is 2.60. The van der Waals surface area contributed by atoms with E-state index in [4.69, 9.17) is 17.0 Å². The minimum atomic E-state index is -0.0254. The van der Waals surface area contributed by atoms with Gasteiger partial charge in [0.1, 0.15) is 12.4 Å². The van der Waals surface area contributed by atoms with Gasteiger partial charge >= 0.3 is 0 Å². The van der Waals surface area contributed by atoms with Crippen molar-refractivity contribution in [3.8, 4) is 5.75 Å². The predicted octanol–water partition coefficient (Wildman–Crippen LogP) is 4.42. The Balaban J connectivity index is 1.77. The van der Waals surface area contributed by atoms with Gasteiger partial charge in [0.2, 0.25) is 5.91 Å². The second-order valence-corrected chi connectivity index (χ2v) is 6.55. The van der Waals surface area contributed by atoms with Gasteiger partial charge in [-0.3, -0.25) is 4.79 Å². The number of rotatable bonds is 7. The quantitative estimate of drug-likeness (QED) is 0.567. The molecule has 1 amide bonds. The van der Waals surface area contributed by atoms with E-state index in [0.717, 1.165) is 12.1 Å². The van der Waals surface area contributed by atoms with Crippen LogP contribution in [0.25, 0.3) is 0 Å². The fourth-order valence-electron chi connectivity index (χ4n) is 3.00. The van der Waals surface area contributed by atoms with Gasteiger partial charge in [-0.15, -0.1) is 0 Å². The molecular formula is C19H26N2O2S. The summed E-state index contributed by atoms with van der Waals surface area (Å²) in [6.45, 7) is 4.05. The van der Waals surface area contributed by atoms with Gasteiger partial charge in [0.05, 0.1) is 5.69 Å². The Morgan fingerprint density at radius 3 is 2.79 bits per heavy atom. The zero-order valence-electron chi connectivity index (χ0n) is 14.1. The molecule has 2 rings (SSSR count). The van der Waals surface area contributed by atoms with Crippen molar-refractivity contribution in [2.45, 2.75) is 44.9 Å². The SMILES string of the molecule is C=CCOc1ccccc1NC(=S)NC(=O)CCC1CCCCC1. The van der Waals surface area contributed by atoms with E-state index in [-0.39, 0.29) is 5.91 Å². The number of amides is 1. The zero-order chi connectivity index (χ0) is 17.2. The number of hydrogen-bond donors (Lipinski definition) is 2. The molecule has 0 radical (unpaired) electrons. The maximum atomic E-state index is 12.1. The number of thiocarbonyl (C=S) groups is 1. The van der Waals surface area contributed by atoms with Crippen LogP contribution in [-0.2, 0) is 4.79 Å². The summed E-state index contributed by atoms with van der Waals surface area (Å²) in [6, 6.07) is 7.48. The van der Waals surface area contributed by atoms with Gasteiger partial charge in [-0.2, -0.15) is 0 Å². The van der Waals surface area contributed by atoms with Crippen molar-refractivity contribution in [3.63, 3.8) is 0 Å². The molecule has 0 saturated heterocycles. The standard InChI is InChI=1S/C19H26N2O2S/c1-2-14-23-17-11-7-6-10-16(17)20-19(24)21-18(22)13-12-15-8-4-3-5-9-15/h2,6-7,10-11,15H,1,3-5,8-9,12-14H2,(H2,20,21,22,24). The third-order valence-corrected chi connectivity index (χ3v) is 4.45. The third-order valence-electron chi connectivity index (χ3n) is 4.25. The zero-order valence-corrected chi connectivity index (χ0v) is 14.9. The van der Waals surface area contributed by atoms with Crippen LogP contribution in [0.2, 0.25) is 0 Å². The summed E-state index contributed by atoms with van der Waals surface area (Å²) < 4.78 is 5.57. The average molecular weight is 346 g/mol. The van der Waals surface area contributed by atoms with Gasteiger partial charge in [0.15, 0.2) is 5.11 Å². The van der Waals surface area contributed by atoms with Crippen LogP contribution in [-0.4, -0.2) is 17.6 Å². The van der Waals surface area contributed by atoms with E-state index in [1.54, 1.807) is 6.08 Å². The van der Waals surface area contributed by atoms with Crippen molar-refractivity contribution < 1.29 is 9.53 Å². The number of carbonyl (C=O) groups is 1. The van der Waals surface area contributed by atoms with Gasteiger partial charge in [-0.05, 0) is 36.7 Å². The number of carbonyl (C=O) groups excluding carboxylic acids is 1. The van der Waals surface area contributed by atoms with Crippen LogP contribution in [0.5, 0.6) is 5.75 Å². The molecule has 1 aliphatic carbocycles. The summed E-state index contributed by atoms with van der Waals surface area (Å²) in [5, 5.41) is 6.09. The van der Waals surface area contributed by atoms with E-state index in [9.17, 15) is 4.79 Å². The van der Waals surface area contributed by atoms with Crippen molar-refractivity contribution in [3.05, 3.63) is 36.9 Å². The van der Waals surface area contributed by atoms with Gasteiger partial charge in [-0.1, -0.05) is 56.9 Å². The molecule has 1 fully saturated rings. The van der Waals surface area contributed by atoms with E-state index in [1.165, 1.54) is 32.1 Å². The Labute approximate surface area is 149 Å². The second kappa shape index (κ2) is 10.1. The highest BCUT2D eigenvalue weighted by Gasteiger charge is 2.15. The fraction of sp³-hybridized carbons (Fsp3) is 0.474. The number of anilines is 1. The van der Waals surface area contributed by atoms with Crippen molar-refractivity contribution >= 4 is 28.9 Å². The van der Waals surface area contributed by atoms with Crippen LogP contribution in [0.15, 0.2) is 36.9 Å².